The molecule has 0 saturated heterocycles. The maximum Gasteiger partial charge on any atom is 0.141 e. The molecule has 0 aliphatic heterocycles. The van der Waals surface area contributed by atoms with Crippen LogP contribution in [0.1, 0.15) is 67.5 Å². The molecule has 0 amide bonds. The second-order valence-corrected chi connectivity index (χ2v) is 12.2. The van der Waals surface area contributed by atoms with E-state index < -0.39 is 0 Å². The fraction of sp³-hybridized carbons (Fsp3) is 0.389. The molecule has 1 aromatic heterocycles. The van der Waals surface area contributed by atoms with Gasteiger partial charge in [0.25, 0.3) is 0 Å². The van der Waals surface area contributed by atoms with Crippen LogP contribution >= 0.6 is 0 Å². The molecule has 1 heterocycles. The molecule has 0 spiro atoms. The largest absolute Gasteiger partial charge is 0.361 e. The number of allylic oxidation sites excluding steroid dienone is 5. The summed E-state index contributed by atoms with van der Waals surface area (Å²) in [4.78, 5) is 13.7. The van der Waals surface area contributed by atoms with Gasteiger partial charge >= 0.3 is 0 Å². The number of aryl methyl sites for hydroxylation is 3. The van der Waals surface area contributed by atoms with Crippen molar-refractivity contribution in [1.82, 2.24) is 5.16 Å². The van der Waals surface area contributed by atoms with Crippen LogP contribution in [-0.4, -0.2) is 17.6 Å². The quantitative estimate of drug-likeness (QED) is 0.280. The van der Waals surface area contributed by atoms with Crippen molar-refractivity contribution >= 4 is 17.3 Å². The Hall–Kier alpha value is -4.13. The van der Waals surface area contributed by atoms with Crippen molar-refractivity contribution < 1.29 is 9.32 Å². The summed E-state index contributed by atoms with van der Waals surface area (Å²) < 4.78 is 5.50. The Morgan fingerprint density at radius 3 is 2.39 bits per heavy atom. The normalized spacial score (nSPS) is 22.7. The Labute approximate surface area is 242 Å². The molecule has 6 rings (SSSR count). The second kappa shape index (κ2) is 10.7. The number of benzene rings is 2. The highest BCUT2D eigenvalue weighted by Gasteiger charge is 2.59. The van der Waals surface area contributed by atoms with Gasteiger partial charge in [-0.3, -0.25) is 0 Å². The van der Waals surface area contributed by atoms with Crippen LogP contribution in [0.3, 0.4) is 0 Å². The van der Waals surface area contributed by atoms with Crippen molar-refractivity contribution in [2.24, 2.45) is 11.3 Å². The highest BCUT2D eigenvalue weighted by molar-refractivity contribution is 5.76. The van der Waals surface area contributed by atoms with E-state index in [0.717, 1.165) is 91.0 Å². The predicted octanol–water partition coefficient (Wildman–Crippen LogP) is 8.41. The molecule has 0 bridgehead atoms. The van der Waals surface area contributed by atoms with Crippen LogP contribution in [-0.2, 0) is 10.2 Å². The van der Waals surface area contributed by atoms with Crippen molar-refractivity contribution in [2.75, 3.05) is 11.4 Å². The third kappa shape index (κ3) is 4.77. The van der Waals surface area contributed by atoms with Crippen LogP contribution in [0.4, 0.5) is 11.4 Å². The molecule has 3 aromatic rings. The predicted molar refractivity (Wildman–Crippen MR) is 163 cm³/mol. The molecule has 5 nitrogen and oxygen atoms in total. The zero-order valence-corrected chi connectivity index (χ0v) is 24.2. The van der Waals surface area contributed by atoms with Crippen molar-refractivity contribution in [3.8, 4) is 17.2 Å². The van der Waals surface area contributed by atoms with E-state index in [4.69, 9.17) is 4.52 Å². The first-order valence-corrected chi connectivity index (χ1v) is 14.8. The zero-order chi connectivity index (χ0) is 28.6. The topological polar surface area (TPSA) is 70.1 Å². The van der Waals surface area contributed by atoms with E-state index in [0.29, 0.717) is 5.92 Å². The first-order chi connectivity index (χ1) is 19.9. The van der Waals surface area contributed by atoms with E-state index >= 15 is 0 Å². The van der Waals surface area contributed by atoms with E-state index in [1.54, 1.807) is 0 Å². The molecule has 5 heteroatoms. The fourth-order valence-electron chi connectivity index (χ4n) is 7.05. The number of rotatable bonds is 7. The lowest BCUT2D eigenvalue weighted by molar-refractivity contribution is 0.384. The lowest BCUT2D eigenvalue weighted by atomic mass is 9.64. The van der Waals surface area contributed by atoms with Crippen LogP contribution in [0.25, 0.3) is 11.1 Å². The number of hydrogen-bond acceptors (Lipinski definition) is 5. The average molecular weight is 544 g/mol. The third-order valence-corrected chi connectivity index (χ3v) is 9.70. The van der Waals surface area contributed by atoms with E-state index in [2.05, 4.69) is 95.8 Å². The Kier molecular flexibility index (Phi) is 7.06. The number of nitriles is 1. The Balaban J connectivity index is 1.40. The molecule has 41 heavy (non-hydrogen) atoms. The van der Waals surface area contributed by atoms with Gasteiger partial charge in [-0.2, -0.15) is 5.26 Å². The summed E-state index contributed by atoms with van der Waals surface area (Å²) in [6.45, 7) is 6.98. The molecule has 0 radical (unpaired) electrons. The van der Waals surface area contributed by atoms with Gasteiger partial charge in [0.05, 0.1) is 17.2 Å². The van der Waals surface area contributed by atoms with Gasteiger partial charge in [-0.25, -0.2) is 4.79 Å². The second-order valence-electron chi connectivity index (χ2n) is 12.2. The molecule has 0 N–H and O–H groups in total. The van der Waals surface area contributed by atoms with Gasteiger partial charge in [-0.05, 0) is 107 Å². The van der Waals surface area contributed by atoms with Crippen LogP contribution in [0, 0.1) is 43.4 Å². The molecular weight excluding hydrogens is 506 g/mol. The maximum atomic E-state index is 11.3. The molecule has 2 saturated carbocycles. The van der Waals surface area contributed by atoms with E-state index in [1.807, 2.05) is 13.8 Å². The number of hydrogen-bond donors (Lipinski definition) is 0. The van der Waals surface area contributed by atoms with Gasteiger partial charge in [0.15, 0.2) is 0 Å². The van der Waals surface area contributed by atoms with Crippen molar-refractivity contribution in [1.29, 1.82) is 5.26 Å². The number of aromatic nitrogens is 1. The van der Waals surface area contributed by atoms with Gasteiger partial charge in [-0.15, -0.1) is 0 Å². The summed E-state index contributed by atoms with van der Waals surface area (Å²) in [5, 5.41) is 14.4. The van der Waals surface area contributed by atoms with Gasteiger partial charge in [0.2, 0.25) is 0 Å². The summed E-state index contributed by atoms with van der Waals surface area (Å²) in [6.07, 6.45) is 15.0. The minimum Gasteiger partial charge on any atom is -0.361 e. The first kappa shape index (κ1) is 27.1. The molecule has 1 unspecified atom stereocenters. The summed E-state index contributed by atoms with van der Waals surface area (Å²) in [6, 6.07) is 18.2. The minimum absolute atomic E-state index is 0.278. The van der Waals surface area contributed by atoms with Crippen LogP contribution in [0.2, 0.25) is 0 Å². The third-order valence-electron chi connectivity index (χ3n) is 9.70. The smallest absolute Gasteiger partial charge is 0.141 e. The number of carbonyl (C=O) groups excluding carboxylic acids is 1. The summed E-state index contributed by atoms with van der Waals surface area (Å²) in [7, 11) is 0. The molecule has 2 aromatic carbocycles. The summed E-state index contributed by atoms with van der Waals surface area (Å²) >= 11 is 0. The minimum atomic E-state index is -0.319. The molecule has 3 aliphatic rings. The molecule has 1 atom stereocenters. The van der Waals surface area contributed by atoms with Gasteiger partial charge in [0.1, 0.15) is 11.7 Å². The zero-order valence-electron chi connectivity index (χ0n) is 24.2. The van der Waals surface area contributed by atoms with Gasteiger partial charge in [-0.1, -0.05) is 53.7 Å². The van der Waals surface area contributed by atoms with E-state index in [9.17, 15) is 10.1 Å². The monoisotopic (exact) mass is 543 g/mol. The lowest BCUT2D eigenvalue weighted by Gasteiger charge is -2.37. The fourth-order valence-corrected chi connectivity index (χ4v) is 7.05. The molecule has 208 valence electrons. The number of nitrogens with zero attached hydrogens (tertiary/aromatic N) is 3. The number of anilines is 2. The van der Waals surface area contributed by atoms with Crippen LogP contribution in [0.15, 0.2) is 76.9 Å². The Bertz CT molecular complexity index is 1580. The van der Waals surface area contributed by atoms with Crippen molar-refractivity contribution in [3.63, 3.8) is 0 Å². The van der Waals surface area contributed by atoms with Crippen molar-refractivity contribution in [2.45, 2.75) is 71.1 Å². The highest BCUT2D eigenvalue weighted by atomic mass is 16.5. The highest BCUT2D eigenvalue weighted by Crippen LogP contribution is 2.62. The van der Waals surface area contributed by atoms with Gasteiger partial charge < -0.3 is 9.42 Å². The van der Waals surface area contributed by atoms with E-state index in [1.165, 1.54) is 11.1 Å². The summed E-state index contributed by atoms with van der Waals surface area (Å²) in [5.41, 5.74) is 8.06. The first-order valence-electron chi connectivity index (χ1n) is 14.8. The van der Waals surface area contributed by atoms with Crippen molar-refractivity contribution in [3.05, 3.63) is 94.9 Å². The SMILES string of the molecule is Cc1ccc(-c2c(C)noc2C)cc1N(CC1CCC(=C=O)CC1)c1ccc(C2(C3(C#N)CC3)C=CC=CC2)cc1. The Morgan fingerprint density at radius 2 is 1.80 bits per heavy atom. The molecule has 2 fully saturated rings. The average Bonchev–Trinajstić information content (AvgIpc) is 3.76. The molecule has 3 aliphatic carbocycles. The standard InChI is InChI=1S/C36H37N3O2/c1-25-7-12-30(34-26(2)38-41-27(34)3)21-33(25)39(22-28-8-10-29(23-40)11-9-28)32-15-13-31(14-16-32)36(17-5-4-6-18-36)35(24-37)19-20-35/h4-7,12-17,21,28H,8-11,18-20,22H2,1-3H3. The molecular formula is C36H37N3O2. The Morgan fingerprint density at radius 1 is 1.05 bits per heavy atom. The van der Waals surface area contributed by atoms with Gasteiger partial charge in [0, 0.05) is 34.5 Å². The van der Waals surface area contributed by atoms with Crippen LogP contribution < -0.4 is 4.90 Å². The lowest BCUT2D eigenvalue weighted by Crippen LogP contribution is -2.35. The van der Waals surface area contributed by atoms with E-state index in [-0.39, 0.29) is 10.8 Å². The van der Waals surface area contributed by atoms with Crippen LogP contribution in [0.5, 0.6) is 0 Å². The maximum absolute atomic E-state index is 11.3. The summed E-state index contributed by atoms with van der Waals surface area (Å²) in [5.74, 6) is 3.44.